The molecule has 9 heteroatoms. The summed E-state index contributed by atoms with van der Waals surface area (Å²) in [5.41, 5.74) is 0.820. The third-order valence-corrected chi connectivity index (χ3v) is 3.42. The molecule has 6 nitrogen and oxygen atoms in total. The van der Waals surface area contributed by atoms with E-state index in [4.69, 9.17) is 16.3 Å². The van der Waals surface area contributed by atoms with Crippen molar-refractivity contribution in [2.24, 2.45) is 0 Å². The van der Waals surface area contributed by atoms with Crippen LogP contribution in [0.2, 0.25) is 5.02 Å². The molecule has 0 aromatic heterocycles. The van der Waals surface area contributed by atoms with E-state index in [9.17, 15) is 18.4 Å². The van der Waals surface area contributed by atoms with Gasteiger partial charge in [-0.05, 0) is 29.8 Å². The Hall–Kier alpha value is -2.87. The van der Waals surface area contributed by atoms with Crippen LogP contribution in [0.5, 0.6) is 11.5 Å². The summed E-state index contributed by atoms with van der Waals surface area (Å²) in [6, 6.07) is 10.6. The Morgan fingerprint density at radius 3 is 2.54 bits per heavy atom. The van der Waals surface area contributed by atoms with Crippen molar-refractivity contribution < 1.29 is 27.8 Å². The van der Waals surface area contributed by atoms with E-state index in [2.05, 4.69) is 15.4 Å². The van der Waals surface area contributed by atoms with Crippen LogP contribution in [0.3, 0.4) is 0 Å². The molecule has 0 aliphatic carbocycles. The minimum absolute atomic E-state index is 0.0636. The van der Waals surface area contributed by atoms with Crippen molar-refractivity contribution in [2.75, 3.05) is 12.4 Å². The number of ether oxygens (including phenoxy) is 2. The highest BCUT2D eigenvalue weighted by Gasteiger charge is 2.16. The summed E-state index contributed by atoms with van der Waals surface area (Å²) in [6.07, 6.45) is 0. The number of hydrogen-bond donors (Lipinski definition) is 2. The Morgan fingerprint density at radius 1 is 1.12 bits per heavy atom. The van der Waals surface area contributed by atoms with E-state index in [0.717, 1.165) is 11.6 Å². The molecule has 0 unspecified atom stereocenters. The molecule has 0 bridgehead atoms. The number of methoxy groups -OCH3 is 1. The lowest BCUT2D eigenvalue weighted by Crippen LogP contribution is -2.34. The quantitative estimate of drug-likeness (QED) is 0.750. The molecule has 0 spiro atoms. The van der Waals surface area contributed by atoms with Gasteiger partial charge in [-0.25, -0.2) is 0 Å². The first kappa shape index (κ1) is 19.5. The molecule has 0 aliphatic rings. The number of carbonyl (C=O) groups is 2. The van der Waals surface area contributed by atoms with Crippen LogP contribution in [0.4, 0.5) is 14.5 Å². The fourth-order valence-electron chi connectivity index (χ4n) is 2.04. The van der Waals surface area contributed by atoms with E-state index in [-0.39, 0.29) is 23.7 Å². The van der Waals surface area contributed by atoms with Gasteiger partial charge in [-0.15, -0.1) is 0 Å². The molecule has 2 rings (SSSR count). The van der Waals surface area contributed by atoms with E-state index < -0.39 is 18.4 Å². The maximum absolute atomic E-state index is 12.4. The molecule has 0 radical (unpaired) electrons. The fourth-order valence-corrected chi connectivity index (χ4v) is 2.25. The second-order valence-corrected chi connectivity index (χ2v) is 5.45. The number of rotatable bonds is 6. The van der Waals surface area contributed by atoms with Crippen molar-refractivity contribution in [3.63, 3.8) is 0 Å². The van der Waals surface area contributed by atoms with Crippen LogP contribution in [0, 0.1) is 0 Å². The monoisotopic (exact) mass is 384 g/mol. The summed E-state index contributed by atoms with van der Waals surface area (Å²) in [7, 11) is 1.29. The summed E-state index contributed by atoms with van der Waals surface area (Å²) >= 11 is 5.84. The number of halogens is 3. The molecule has 0 saturated heterocycles. The second kappa shape index (κ2) is 9.00. The van der Waals surface area contributed by atoms with Crippen molar-refractivity contribution >= 4 is 29.1 Å². The van der Waals surface area contributed by atoms with Crippen LogP contribution < -0.4 is 20.1 Å². The Kier molecular flexibility index (Phi) is 6.74. The third kappa shape index (κ3) is 5.59. The lowest BCUT2D eigenvalue weighted by molar-refractivity contribution is -0.136. The predicted molar refractivity (Wildman–Crippen MR) is 91.6 cm³/mol. The fraction of sp³-hybridized carbons (Fsp3) is 0.176. The van der Waals surface area contributed by atoms with Crippen LogP contribution in [0.1, 0.15) is 5.56 Å². The Labute approximate surface area is 153 Å². The van der Waals surface area contributed by atoms with Crippen LogP contribution in [-0.2, 0) is 16.1 Å². The van der Waals surface area contributed by atoms with Gasteiger partial charge in [0.25, 0.3) is 0 Å². The van der Waals surface area contributed by atoms with Gasteiger partial charge >= 0.3 is 18.4 Å². The standard InChI is InChI=1S/C17H15ClF2N2O4/c1-25-13-6-5-12(8-14(13)26-17(19)20)22-16(24)15(23)21-9-10-3-2-4-11(18)7-10/h2-8,17H,9H2,1H3,(H,21,23)(H,22,24). The normalized spacial score (nSPS) is 10.3. The predicted octanol–water partition coefficient (Wildman–Crippen LogP) is 3.20. The first-order chi connectivity index (χ1) is 12.4. The van der Waals surface area contributed by atoms with Gasteiger partial charge < -0.3 is 20.1 Å². The van der Waals surface area contributed by atoms with Crippen LogP contribution in [-0.4, -0.2) is 25.5 Å². The molecular weight excluding hydrogens is 370 g/mol. The molecular formula is C17H15ClF2N2O4. The molecule has 2 amide bonds. The molecule has 0 atom stereocenters. The van der Waals surface area contributed by atoms with E-state index >= 15 is 0 Å². The van der Waals surface area contributed by atoms with Crippen LogP contribution in [0.15, 0.2) is 42.5 Å². The topological polar surface area (TPSA) is 76.7 Å². The highest BCUT2D eigenvalue weighted by molar-refractivity contribution is 6.39. The zero-order chi connectivity index (χ0) is 19.1. The molecule has 0 aliphatic heterocycles. The number of anilines is 1. The number of nitrogens with one attached hydrogen (secondary N) is 2. The van der Waals surface area contributed by atoms with Gasteiger partial charge in [0.15, 0.2) is 11.5 Å². The van der Waals surface area contributed by atoms with E-state index in [0.29, 0.717) is 5.02 Å². The molecule has 0 heterocycles. The van der Waals surface area contributed by atoms with Crippen LogP contribution >= 0.6 is 11.6 Å². The molecule has 0 fully saturated rings. The highest BCUT2D eigenvalue weighted by atomic mass is 35.5. The number of amides is 2. The minimum Gasteiger partial charge on any atom is -0.493 e. The zero-order valence-electron chi connectivity index (χ0n) is 13.6. The van der Waals surface area contributed by atoms with Gasteiger partial charge in [-0.1, -0.05) is 23.7 Å². The van der Waals surface area contributed by atoms with Crippen molar-refractivity contribution in [3.05, 3.63) is 53.1 Å². The number of hydrogen-bond acceptors (Lipinski definition) is 4. The Balaban J connectivity index is 1.98. The largest absolute Gasteiger partial charge is 0.493 e. The van der Waals surface area contributed by atoms with Crippen molar-refractivity contribution in [1.82, 2.24) is 5.32 Å². The third-order valence-electron chi connectivity index (χ3n) is 3.19. The van der Waals surface area contributed by atoms with Gasteiger partial charge in [0.1, 0.15) is 0 Å². The summed E-state index contributed by atoms with van der Waals surface area (Å²) in [4.78, 5) is 23.8. The second-order valence-electron chi connectivity index (χ2n) is 5.01. The Bertz CT molecular complexity index is 802. The van der Waals surface area contributed by atoms with Crippen molar-refractivity contribution in [2.45, 2.75) is 13.2 Å². The SMILES string of the molecule is COc1ccc(NC(=O)C(=O)NCc2cccc(Cl)c2)cc1OC(F)F. The van der Waals surface area contributed by atoms with Gasteiger partial charge in [0, 0.05) is 23.3 Å². The maximum Gasteiger partial charge on any atom is 0.387 e. The molecule has 2 N–H and O–H groups in total. The van der Waals surface area contributed by atoms with Crippen molar-refractivity contribution in [1.29, 1.82) is 0 Å². The summed E-state index contributed by atoms with van der Waals surface area (Å²) in [5, 5.41) is 5.23. The van der Waals surface area contributed by atoms with Gasteiger partial charge in [-0.3, -0.25) is 9.59 Å². The van der Waals surface area contributed by atoms with Crippen LogP contribution in [0.25, 0.3) is 0 Å². The summed E-state index contributed by atoms with van der Waals surface area (Å²) in [6.45, 7) is -2.95. The summed E-state index contributed by atoms with van der Waals surface area (Å²) < 4.78 is 34.0. The molecule has 138 valence electrons. The molecule has 2 aromatic carbocycles. The van der Waals surface area contributed by atoms with E-state index in [1.165, 1.54) is 19.2 Å². The van der Waals surface area contributed by atoms with Crippen molar-refractivity contribution in [3.8, 4) is 11.5 Å². The van der Waals surface area contributed by atoms with E-state index in [1.54, 1.807) is 24.3 Å². The van der Waals surface area contributed by atoms with Gasteiger partial charge in [0.05, 0.1) is 7.11 Å². The number of carbonyl (C=O) groups excluding carboxylic acids is 2. The van der Waals surface area contributed by atoms with Gasteiger partial charge in [0.2, 0.25) is 0 Å². The number of alkyl halides is 2. The average molecular weight is 385 g/mol. The molecule has 2 aromatic rings. The first-order valence-electron chi connectivity index (χ1n) is 7.35. The minimum atomic E-state index is -3.06. The Morgan fingerprint density at radius 2 is 1.88 bits per heavy atom. The lowest BCUT2D eigenvalue weighted by Gasteiger charge is -2.12. The smallest absolute Gasteiger partial charge is 0.387 e. The molecule has 26 heavy (non-hydrogen) atoms. The highest BCUT2D eigenvalue weighted by Crippen LogP contribution is 2.31. The summed E-state index contributed by atoms with van der Waals surface area (Å²) in [5.74, 6) is -2.05. The maximum atomic E-state index is 12.4. The van der Waals surface area contributed by atoms with E-state index in [1.807, 2.05) is 0 Å². The lowest BCUT2D eigenvalue weighted by atomic mass is 10.2. The first-order valence-corrected chi connectivity index (χ1v) is 7.73. The number of benzene rings is 2. The van der Waals surface area contributed by atoms with Gasteiger partial charge in [-0.2, -0.15) is 8.78 Å². The zero-order valence-corrected chi connectivity index (χ0v) is 14.3. The molecule has 0 saturated carbocycles. The average Bonchev–Trinajstić information content (AvgIpc) is 2.59.